The van der Waals surface area contributed by atoms with E-state index in [4.69, 9.17) is 0 Å². The Kier molecular flexibility index (Phi) is 4.13. The van der Waals surface area contributed by atoms with E-state index in [1.807, 2.05) is 30.3 Å². The summed E-state index contributed by atoms with van der Waals surface area (Å²) >= 11 is 0. The Morgan fingerprint density at radius 3 is 2.50 bits per heavy atom. The van der Waals surface area contributed by atoms with E-state index in [1.54, 1.807) is 6.07 Å². The lowest BCUT2D eigenvalue weighted by Crippen LogP contribution is -2.29. The molecule has 2 aromatic carbocycles. The van der Waals surface area contributed by atoms with Crippen molar-refractivity contribution in [3.05, 3.63) is 64.4 Å². The number of rotatable bonds is 3. The van der Waals surface area contributed by atoms with Gasteiger partial charge in [0, 0.05) is 12.1 Å². The van der Waals surface area contributed by atoms with E-state index in [1.165, 1.54) is 37.9 Å². The number of hydrogen-bond donors (Lipinski definition) is 1. The lowest BCUT2D eigenvalue weighted by Gasteiger charge is -2.26. The van der Waals surface area contributed by atoms with E-state index in [0.29, 0.717) is 11.2 Å². The fourth-order valence-electron chi connectivity index (χ4n) is 3.37. The monoisotopic (exact) mass is 319 g/mol. The van der Waals surface area contributed by atoms with Gasteiger partial charge in [0.25, 0.3) is 5.56 Å². The van der Waals surface area contributed by atoms with Crippen LogP contribution in [0.3, 0.4) is 0 Å². The summed E-state index contributed by atoms with van der Waals surface area (Å²) < 4.78 is 0. The lowest BCUT2D eigenvalue weighted by atomic mass is 10.1. The number of H-pyrrole nitrogens is 1. The maximum absolute atomic E-state index is 12.2. The molecule has 3 aromatic rings. The van der Waals surface area contributed by atoms with Crippen molar-refractivity contribution >= 4 is 10.9 Å². The van der Waals surface area contributed by atoms with Crippen LogP contribution in [0.5, 0.6) is 0 Å². The highest BCUT2D eigenvalue weighted by molar-refractivity contribution is 5.79. The second-order valence-corrected chi connectivity index (χ2v) is 6.47. The summed E-state index contributed by atoms with van der Waals surface area (Å²) in [6, 6.07) is 15.8. The summed E-state index contributed by atoms with van der Waals surface area (Å²) in [6.07, 6.45) is 3.97. The van der Waals surface area contributed by atoms with Crippen LogP contribution in [0.4, 0.5) is 0 Å². The molecular formula is C20H21N3O. The second kappa shape index (κ2) is 6.57. The third-order valence-corrected chi connectivity index (χ3v) is 4.70. The molecule has 0 aliphatic carbocycles. The molecule has 1 aromatic heterocycles. The highest BCUT2D eigenvalue weighted by Gasteiger charge is 2.11. The van der Waals surface area contributed by atoms with E-state index in [0.717, 1.165) is 17.6 Å². The van der Waals surface area contributed by atoms with Crippen molar-refractivity contribution in [3.63, 3.8) is 0 Å². The fraction of sp³-hybridized carbons (Fsp3) is 0.300. The van der Waals surface area contributed by atoms with Crippen LogP contribution < -0.4 is 5.56 Å². The van der Waals surface area contributed by atoms with Crippen molar-refractivity contribution in [2.45, 2.75) is 25.8 Å². The molecule has 1 N–H and O–H groups in total. The Labute approximate surface area is 141 Å². The molecule has 1 aliphatic rings. The average Bonchev–Trinajstić information content (AvgIpc) is 2.63. The molecule has 24 heavy (non-hydrogen) atoms. The molecular weight excluding hydrogens is 298 g/mol. The standard InChI is InChI=1S/C20H21N3O/c24-20-17-6-2-3-7-18(17)21-19(22-20)16-10-8-15(9-11-16)14-23-12-4-1-5-13-23/h2-3,6-11H,1,4-5,12-14H2,(H,21,22,24). The second-order valence-electron chi connectivity index (χ2n) is 6.47. The zero-order valence-electron chi connectivity index (χ0n) is 13.7. The zero-order valence-corrected chi connectivity index (χ0v) is 13.7. The van der Waals surface area contributed by atoms with Crippen molar-refractivity contribution in [1.82, 2.24) is 14.9 Å². The Morgan fingerprint density at radius 1 is 0.958 bits per heavy atom. The maximum Gasteiger partial charge on any atom is 0.259 e. The van der Waals surface area contributed by atoms with Crippen LogP contribution in [0.1, 0.15) is 24.8 Å². The molecule has 0 atom stereocenters. The Morgan fingerprint density at radius 2 is 1.71 bits per heavy atom. The number of benzene rings is 2. The van der Waals surface area contributed by atoms with Gasteiger partial charge in [-0.2, -0.15) is 0 Å². The summed E-state index contributed by atoms with van der Waals surface area (Å²) in [5.74, 6) is 0.628. The van der Waals surface area contributed by atoms with E-state index >= 15 is 0 Å². The van der Waals surface area contributed by atoms with Gasteiger partial charge in [-0.05, 0) is 43.6 Å². The van der Waals surface area contributed by atoms with Gasteiger partial charge in [0.15, 0.2) is 0 Å². The van der Waals surface area contributed by atoms with E-state index in [-0.39, 0.29) is 5.56 Å². The molecule has 0 bridgehead atoms. The van der Waals surface area contributed by atoms with E-state index in [9.17, 15) is 4.79 Å². The summed E-state index contributed by atoms with van der Waals surface area (Å²) in [6.45, 7) is 3.39. The number of nitrogens with one attached hydrogen (secondary N) is 1. The van der Waals surface area contributed by atoms with Crippen LogP contribution in [0.25, 0.3) is 22.3 Å². The predicted octanol–water partition coefficient (Wildman–Crippen LogP) is 3.58. The number of piperidine rings is 1. The van der Waals surface area contributed by atoms with Crippen molar-refractivity contribution in [2.75, 3.05) is 13.1 Å². The molecule has 122 valence electrons. The third kappa shape index (κ3) is 3.10. The van der Waals surface area contributed by atoms with E-state index < -0.39 is 0 Å². The number of likely N-dealkylation sites (tertiary alicyclic amines) is 1. The molecule has 0 unspecified atom stereocenters. The molecule has 4 nitrogen and oxygen atoms in total. The largest absolute Gasteiger partial charge is 0.306 e. The topological polar surface area (TPSA) is 49.0 Å². The first-order valence-corrected chi connectivity index (χ1v) is 8.60. The number of aromatic amines is 1. The van der Waals surface area contributed by atoms with Gasteiger partial charge in [0.1, 0.15) is 5.82 Å². The molecule has 0 saturated carbocycles. The molecule has 2 heterocycles. The smallest absolute Gasteiger partial charge is 0.259 e. The van der Waals surface area contributed by atoms with Gasteiger partial charge >= 0.3 is 0 Å². The van der Waals surface area contributed by atoms with Gasteiger partial charge < -0.3 is 4.98 Å². The maximum atomic E-state index is 12.2. The molecule has 0 spiro atoms. The minimum atomic E-state index is -0.0898. The Bertz CT molecular complexity index is 893. The molecule has 0 amide bonds. The summed E-state index contributed by atoms with van der Waals surface area (Å²) in [5.41, 5.74) is 2.89. The van der Waals surface area contributed by atoms with Gasteiger partial charge in [-0.3, -0.25) is 9.69 Å². The predicted molar refractivity (Wildman–Crippen MR) is 96.9 cm³/mol. The minimum Gasteiger partial charge on any atom is -0.306 e. The highest BCUT2D eigenvalue weighted by atomic mass is 16.1. The van der Waals surface area contributed by atoms with Gasteiger partial charge in [-0.15, -0.1) is 0 Å². The molecule has 1 saturated heterocycles. The highest BCUT2D eigenvalue weighted by Crippen LogP contribution is 2.19. The molecule has 4 heteroatoms. The van der Waals surface area contributed by atoms with Gasteiger partial charge in [0.05, 0.1) is 10.9 Å². The van der Waals surface area contributed by atoms with Crippen LogP contribution in [-0.2, 0) is 6.54 Å². The first-order valence-electron chi connectivity index (χ1n) is 8.60. The first-order chi connectivity index (χ1) is 11.8. The number of aromatic nitrogens is 2. The summed E-state index contributed by atoms with van der Waals surface area (Å²) in [7, 11) is 0. The van der Waals surface area contributed by atoms with Crippen LogP contribution in [0, 0.1) is 0 Å². The number of nitrogens with zero attached hydrogens (tertiary/aromatic N) is 2. The van der Waals surface area contributed by atoms with Gasteiger partial charge in [-0.25, -0.2) is 4.98 Å². The third-order valence-electron chi connectivity index (χ3n) is 4.70. The minimum absolute atomic E-state index is 0.0898. The van der Waals surface area contributed by atoms with Crippen molar-refractivity contribution < 1.29 is 0 Å². The summed E-state index contributed by atoms with van der Waals surface area (Å²) in [4.78, 5) is 22.2. The Hall–Kier alpha value is -2.46. The number of fused-ring (bicyclic) bond motifs is 1. The van der Waals surface area contributed by atoms with Gasteiger partial charge in [0.2, 0.25) is 0 Å². The van der Waals surface area contributed by atoms with Gasteiger partial charge in [-0.1, -0.05) is 42.8 Å². The fourth-order valence-corrected chi connectivity index (χ4v) is 3.37. The quantitative estimate of drug-likeness (QED) is 0.803. The number of para-hydroxylation sites is 1. The van der Waals surface area contributed by atoms with E-state index in [2.05, 4.69) is 27.0 Å². The van der Waals surface area contributed by atoms with Crippen molar-refractivity contribution in [1.29, 1.82) is 0 Å². The average molecular weight is 319 g/mol. The van der Waals surface area contributed by atoms with Crippen LogP contribution >= 0.6 is 0 Å². The zero-order chi connectivity index (χ0) is 16.4. The van der Waals surface area contributed by atoms with Crippen LogP contribution in [0.15, 0.2) is 53.3 Å². The molecule has 1 fully saturated rings. The number of hydrogen-bond acceptors (Lipinski definition) is 3. The van der Waals surface area contributed by atoms with Crippen LogP contribution in [0.2, 0.25) is 0 Å². The molecule has 0 radical (unpaired) electrons. The summed E-state index contributed by atoms with van der Waals surface area (Å²) in [5, 5.41) is 0.628. The first kappa shape index (κ1) is 15.1. The molecule has 4 rings (SSSR count). The van der Waals surface area contributed by atoms with Crippen molar-refractivity contribution in [2.24, 2.45) is 0 Å². The van der Waals surface area contributed by atoms with Crippen LogP contribution in [-0.4, -0.2) is 28.0 Å². The Balaban J connectivity index is 1.59. The lowest BCUT2D eigenvalue weighted by molar-refractivity contribution is 0.221. The SMILES string of the molecule is O=c1[nH]c(-c2ccc(CN3CCCCC3)cc2)nc2ccccc12. The van der Waals surface area contributed by atoms with Crippen molar-refractivity contribution in [3.8, 4) is 11.4 Å². The normalized spacial score (nSPS) is 15.7. The molecule has 1 aliphatic heterocycles.